The molecule has 27 heavy (non-hydrogen) atoms. The first-order chi connectivity index (χ1) is 13.2. The van der Waals surface area contributed by atoms with Crippen LogP contribution in [0.4, 0.5) is 5.69 Å². The molecular formula is C21H15ClN4O. The molecule has 0 aliphatic heterocycles. The lowest BCUT2D eigenvalue weighted by atomic mass is 10.1. The molecule has 0 saturated carbocycles. The van der Waals surface area contributed by atoms with Crippen molar-refractivity contribution < 1.29 is 4.79 Å². The van der Waals surface area contributed by atoms with Gasteiger partial charge in [0, 0.05) is 22.5 Å². The first-order valence-corrected chi connectivity index (χ1v) is 8.72. The number of nitrogens with one attached hydrogen (secondary N) is 1. The van der Waals surface area contributed by atoms with Crippen molar-refractivity contribution in [3.63, 3.8) is 0 Å². The van der Waals surface area contributed by atoms with E-state index in [0.717, 1.165) is 11.3 Å². The number of benzene rings is 2. The van der Waals surface area contributed by atoms with E-state index >= 15 is 0 Å². The molecule has 0 aliphatic carbocycles. The summed E-state index contributed by atoms with van der Waals surface area (Å²) in [5.74, 6) is 0.322. The number of aromatic nitrogens is 3. The summed E-state index contributed by atoms with van der Waals surface area (Å²) >= 11 is 5.98. The van der Waals surface area contributed by atoms with E-state index in [0.29, 0.717) is 22.2 Å². The van der Waals surface area contributed by atoms with Crippen LogP contribution in [0, 0.1) is 0 Å². The van der Waals surface area contributed by atoms with E-state index in [1.54, 1.807) is 41.2 Å². The van der Waals surface area contributed by atoms with Gasteiger partial charge in [-0.05, 0) is 36.4 Å². The highest BCUT2D eigenvalue weighted by Crippen LogP contribution is 2.24. The molecule has 0 saturated heterocycles. The van der Waals surface area contributed by atoms with Crippen molar-refractivity contribution in [3.05, 3.63) is 95.8 Å². The van der Waals surface area contributed by atoms with E-state index in [1.165, 1.54) is 0 Å². The molecule has 6 heteroatoms. The minimum Gasteiger partial charge on any atom is -0.321 e. The zero-order valence-electron chi connectivity index (χ0n) is 14.2. The van der Waals surface area contributed by atoms with Crippen LogP contribution in [0.3, 0.4) is 0 Å². The fourth-order valence-electron chi connectivity index (χ4n) is 2.72. The molecule has 0 unspecified atom stereocenters. The van der Waals surface area contributed by atoms with Gasteiger partial charge < -0.3 is 5.32 Å². The summed E-state index contributed by atoms with van der Waals surface area (Å²) in [4.78, 5) is 17.1. The maximum absolute atomic E-state index is 12.7. The molecule has 1 N–H and O–H groups in total. The van der Waals surface area contributed by atoms with Crippen LogP contribution in [-0.2, 0) is 0 Å². The van der Waals surface area contributed by atoms with E-state index < -0.39 is 0 Å². The number of pyridine rings is 1. The van der Waals surface area contributed by atoms with Gasteiger partial charge in [0.05, 0.1) is 5.69 Å². The third kappa shape index (κ3) is 3.73. The topological polar surface area (TPSA) is 59.8 Å². The fraction of sp³-hybridized carbons (Fsp3) is 0. The Morgan fingerprint density at radius 3 is 2.48 bits per heavy atom. The lowest BCUT2D eigenvalue weighted by Gasteiger charge is -2.06. The molecule has 4 aromatic rings. The van der Waals surface area contributed by atoms with E-state index in [4.69, 9.17) is 11.6 Å². The average Bonchev–Trinajstić information content (AvgIpc) is 3.15. The molecule has 2 aromatic carbocycles. The molecule has 0 atom stereocenters. The molecule has 5 nitrogen and oxygen atoms in total. The number of carbonyl (C=O) groups excluding carboxylic acids is 1. The van der Waals surface area contributed by atoms with E-state index in [2.05, 4.69) is 15.4 Å². The Hall–Kier alpha value is -3.44. The number of halogens is 1. The number of nitrogens with zero attached hydrogens (tertiary/aromatic N) is 3. The van der Waals surface area contributed by atoms with Gasteiger partial charge >= 0.3 is 0 Å². The highest BCUT2D eigenvalue weighted by Gasteiger charge is 2.17. The van der Waals surface area contributed by atoms with Crippen LogP contribution in [0.15, 0.2) is 85.1 Å². The second kappa shape index (κ2) is 7.43. The Labute approximate surface area is 161 Å². The monoisotopic (exact) mass is 374 g/mol. The number of hydrogen-bond donors (Lipinski definition) is 1. The predicted molar refractivity (Wildman–Crippen MR) is 106 cm³/mol. The second-order valence-corrected chi connectivity index (χ2v) is 6.28. The van der Waals surface area contributed by atoms with E-state index in [-0.39, 0.29) is 5.91 Å². The van der Waals surface area contributed by atoms with Crippen LogP contribution in [0.25, 0.3) is 17.1 Å². The fourth-order valence-corrected chi connectivity index (χ4v) is 2.91. The molecule has 0 aliphatic rings. The molecule has 4 rings (SSSR count). The van der Waals surface area contributed by atoms with Gasteiger partial charge in [0.1, 0.15) is 0 Å². The molecule has 132 valence electrons. The number of rotatable bonds is 4. The number of anilines is 1. The van der Waals surface area contributed by atoms with Gasteiger partial charge in [0.2, 0.25) is 0 Å². The van der Waals surface area contributed by atoms with Crippen LogP contribution in [0.5, 0.6) is 0 Å². The van der Waals surface area contributed by atoms with Gasteiger partial charge in [-0.3, -0.25) is 4.79 Å². The van der Waals surface area contributed by atoms with Gasteiger partial charge in [-0.1, -0.05) is 54.1 Å². The summed E-state index contributed by atoms with van der Waals surface area (Å²) in [6.45, 7) is 0. The standard InChI is InChI=1S/C21H15ClN4O/c22-16-9-6-10-17(13-16)24-21(27)18-14-19(15-7-2-1-3-8-15)26(25-18)20-11-4-5-12-23-20/h1-14H,(H,24,27). The van der Waals surface area contributed by atoms with E-state index in [9.17, 15) is 4.79 Å². The smallest absolute Gasteiger partial charge is 0.276 e. The summed E-state index contributed by atoms with van der Waals surface area (Å²) < 4.78 is 1.67. The number of carbonyl (C=O) groups is 1. The molecule has 0 bridgehead atoms. The summed E-state index contributed by atoms with van der Waals surface area (Å²) in [5, 5.41) is 7.86. The first-order valence-electron chi connectivity index (χ1n) is 8.34. The van der Waals surface area contributed by atoms with E-state index in [1.807, 2.05) is 48.5 Å². The van der Waals surface area contributed by atoms with Crippen molar-refractivity contribution in [2.45, 2.75) is 0 Å². The quantitative estimate of drug-likeness (QED) is 0.556. The lowest BCUT2D eigenvalue weighted by molar-refractivity contribution is 0.102. The average molecular weight is 375 g/mol. The van der Waals surface area contributed by atoms with Gasteiger partial charge in [-0.2, -0.15) is 5.10 Å². The zero-order valence-corrected chi connectivity index (χ0v) is 15.0. The molecule has 2 aromatic heterocycles. The predicted octanol–water partition coefficient (Wildman–Crippen LogP) is 4.84. The molecular weight excluding hydrogens is 360 g/mol. The van der Waals surface area contributed by atoms with Gasteiger partial charge in [0.25, 0.3) is 5.91 Å². The normalized spacial score (nSPS) is 10.6. The number of amides is 1. The number of hydrogen-bond acceptors (Lipinski definition) is 3. The Morgan fingerprint density at radius 2 is 1.74 bits per heavy atom. The minimum absolute atomic E-state index is 0.291. The lowest BCUT2D eigenvalue weighted by Crippen LogP contribution is -2.13. The summed E-state index contributed by atoms with van der Waals surface area (Å²) in [6, 6.07) is 24.1. The van der Waals surface area contributed by atoms with Crippen molar-refractivity contribution in [1.82, 2.24) is 14.8 Å². The molecule has 0 fully saturated rings. The van der Waals surface area contributed by atoms with Crippen molar-refractivity contribution in [3.8, 4) is 17.1 Å². The van der Waals surface area contributed by atoms with Crippen molar-refractivity contribution in [2.75, 3.05) is 5.32 Å². The molecule has 2 heterocycles. The Morgan fingerprint density at radius 1 is 0.926 bits per heavy atom. The first kappa shape index (κ1) is 17.0. The largest absolute Gasteiger partial charge is 0.321 e. The maximum atomic E-state index is 12.7. The van der Waals surface area contributed by atoms with Crippen LogP contribution in [0.2, 0.25) is 5.02 Å². The highest BCUT2D eigenvalue weighted by atomic mass is 35.5. The van der Waals surface area contributed by atoms with Crippen LogP contribution in [-0.4, -0.2) is 20.7 Å². The minimum atomic E-state index is -0.316. The zero-order chi connectivity index (χ0) is 18.6. The van der Waals surface area contributed by atoms with Gasteiger partial charge in [-0.15, -0.1) is 0 Å². The second-order valence-electron chi connectivity index (χ2n) is 5.85. The Kier molecular flexibility index (Phi) is 4.68. The molecule has 0 spiro atoms. The molecule has 1 amide bonds. The van der Waals surface area contributed by atoms with Crippen LogP contribution < -0.4 is 5.32 Å². The van der Waals surface area contributed by atoms with Crippen molar-refractivity contribution in [2.24, 2.45) is 0 Å². The van der Waals surface area contributed by atoms with Gasteiger partial charge in [0.15, 0.2) is 11.5 Å². The van der Waals surface area contributed by atoms with Crippen LogP contribution >= 0.6 is 11.6 Å². The summed E-state index contributed by atoms with van der Waals surface area (Å²) in [5.41, 5.74) is 2.63. The Bertz CT molecular complexity index is 1020. The summed E-state index contributed by atoms with van der Waals surface area (Å²) in [7, 11) is 0. The van der Waals surface area contributed by atoms with Crippen molar-refractivity contribution >= 4 is 23.2 Å². The SMILES string of the molecule is O=C(Nc1cccc(Cl)c1)c1cc(-c2ccccc2)n(-c2ccccn2)n1. The third-order valence-corrected chi connectivity index (χ3v) is 4.20. The highest BCUT2D eigenvalue weighted by molar-refractivity contribution is 6.30. The van der Waals surface area contributed by atoms with Gasteiger partial charge in [-0.25, -0.2) is 9.67 Å². The molecule has 0 radical (unpaired) electrons. The summed E-state index contributed by atoms with van der Waals surface area (Å²) in [6.07, 6.45) is 1.69. The maximum Gasteiger partial charge on any atom is 0.276 e. The third-order valence-electron chi connectivity index (χ3n) is 3.96. The van der Waals surface area contributed by atoms with Crippen LogP contribution in [0.1, 0.15) is 10.5 Å². The van der Waals surface area contributed by atoms with Crippen molar-refractivity contribution in [1.29, 1.82) is 0 Å². The Balaban J connectivity index is 1.74.